The van der Waals surface area contributed by atoms with Gasteiger partial charge in [-0.3, -0.25) is 0 Å². The van der Waals surface area contributed by atoms with Crippen molar-refractivity contribution in [3.8, 4) is 11.1 Å². The molecule has 3 aromatic carbocycles. The highest BCUT2D eigenvalue weighted by Gasteiger charge is 2.30. The van der Waals surface area contributed by atoms with E-state index in [0.717, 1.165) is 0 Å². The van der Waals surface area contributed by atoms with Crippen molar-refractivity contribution < 1.29 is 0 Å². The zero-order valence-electron chi connectivity index (χ0n) is 17.8. The molecule has 1 unspecified atom stereocenters. The summed E-state index contributed by atoms with van der Waals surface area (Å²) in [5, 5.41) is 0. The van der Waals surface area contributed by atoms with Gasteiger partial charge in [0.15, 0.2) is 0 Å². The second-order valence-corrected chi connectivity index (χ2v) is 8.67. The van der Waals surface area contributed by atoms with Gasteiger partial charge in [0.25, 0.3) is 0 Å². The minimum absolute atomic E-state index is 0.166. The summed E-state index contributed by atoms with van der Waals surface area (Å²) in [7, 11) is 0. The van der Waals surface area contributed by atoms with Gasteiger partial charge in [-0.2, -0.15) is 0 Å². The van der Waals surface area contributed by atoms with Crippen molar-refractivity contribution in [2.75, 3.05) is 0 Å². The highest BCUT2D eigenvalue weighted by atomic mass is 14.3. The molecule has 0 spiro atoms. The fraction of sp³-hybridized carbons (Fsp3) is 0.133. The van der Waals surface area contributed by atoms with Crippen LogP contribution in [0.25, 0.3) is 22.8 Å². The molecule has 5 rings (SSSR count). The van der Waals surface area contributed by atoms with E-state index in [2.05, 4.69) is 124 Å². The lowest BCUT2D eigenvalue weighted by Gasteiger charge is -2.27. The van der Waals surface area contributed by atoms with Crippen molar-refractivity contribution in [3.63, 3.8) is 0 Å². The van der Waals surface area contributed by atoms with E-state index >= 15 is 0 Å². The minimum atomic E-state index is -0.166. The van der Waals surface area contributed by atoms with Crippen molar-refractivity contribution >= 4 is 11.6 Å². The largest absolute Gasteiger partial charge is 0.0674 e. The zero-order valence-corrected chi connectivity index (χ0v) is 17.8. The zero-order chi connectivity index (χ0) is 20.7. The van der Waals surface area contributed by atoms with Gasteiger partial charge in [0, 0.05) is 5.41 Å². The van der Waals surface area contributed by atoms with Crippen LogP contribution < -0.4 is 0 Å². The van der Waals surface area contributed by atoms with Gasteiger partial charge in [-0.15, -0.1) is 0 Å². The van der Waals surface area contributed by atoms with Crippen LogP contribution in [0.15, 0.2) is 108 Å². The normalized spacial score (nSPS) is 19.8. The van der Waals surface area contributed by atoms with Crippen LogP contribution in [0.4, 0.5) is 0 Å². The molecule has 30 heavy (non-hydrogen) atoms. The maximum atomic E-state index is 2.44. The second kappa shape index (κ2) is 7.15. The predicted molar refractivity (Wildman–Crippen MR) is 129 cm³/mol. The fourth-order valence-corrected chi connectivity index (χ4v) is 4.88. The summed E-state index contributed by atoms with van der Waals surface area (Å²) >= 11 is 0. The van der Waals surface area contributed by atoms with Crippen LogP contribution in [-0.4, -0.2) is 0 Å². The van der Waals surface area contributed by atoms with Crippen LogP contribution in [0.5, 0.6) is 0 Å². The quantitative estimate of drug-likeness (QED) is 0.419. The van der Waals surface area contributed by atoms with Gasteiger partial charge in [0.1, 0.15) is 0 Å². The molecular weight excluding hydrogens is 360 g/mol. The Labute approximate surface area is 179 Å². The third-order valence-corrected chi connectivity index (χ3v) is 6.17. The molecule has 0 heterocycles. The molecular formula is C30H26. The first kappa shape index (κ1) is 18.6. The van der Waals surface area contributed by atoms with Gasteiger partial charge in [-0.05, 0) is 59.7 Å². The molecule has 0 fully saturated rings. The molecule has 146 valence electrons. The monoisotopic (exact) mass is 386 g/mol. The number of allylic oxidation sites excluding steroid dienone is 7. The third-order valence-electron chi connectivity index (χ3n) is 6.17. The summed E-state index contributed by atoms with van der Waals surface area (Å²) in [6, 6.07) is 26.1. The van der Waals surface area contributed by atoms with E-state index in [4.69, 9.17) is 0 Å². The van der Waals surface area contributed by atoms with E-state index in [1.165, 1.54) is 50.1 Å². The lowest BCUT2D eigenvalue weighted by molar-refractivity contribution is 0.750. The average Bonchev–Trinajstić information content (AvgIpc) is 2.98. The summed E-state index contributed by atoms with van der Waals surface area (Å²) in [5.74, 6) is 0. The molecule has 0 saturated carbocycles. The second-order valence-electron chi connectivity index (χ2n) is 8.67. The van der Waals surface area contributed by atoms with Crippen LogP contribution in [0.2, 0.25) is 0 Å². The van der Waals surface area contributed by atoms with E-state index in [1.807, 2.05) is 0 Å². The highest BCUT2D eigenvalue weighted by Crippen LogP contribution is 2.44. The minimum Gasteiger partial charge on any atom is -0.0674 e. The van der Waals surface area contributed by atoms with E-state index in [0.29, 0.717) is 0 Å². The molecule has 0 aromatic heterocycles. The Hall–Kier alpha value is -3.38. The lowest BCUT2D eigenvalue weighted by atomic mass is 9.76. The lowest BCUT2D eigenvalue weighted by Crippen LogP contribution is -2.18. The first-order valence-electron chi connectivity index (χ1n) is 10.6. The van der Waals surface area contributed by atoms with Crippen molar-refractivity contribution in [2.24, 2.45) is 0 Å². The molecule has 0 aliphatic heterocycles. The highest BCUT2D eigenvalue weighted by molar-refractivity contribution is 5.89. The van der Waals surface area contributed by atoms with Crippen LogP contribution >= 0.6 is 0 Å². The number of aryl methyl sites for hydroxylation is 1. The summed E-state index contributed by atoms with van der Waals surface area (Å²) in [5.41, 5.74) is 11.5. The molecule has 0 radical (unpaired) electrons. The van der Waals surface area contributed by atoms with Crippen LogP contribution in [0.3, 0.4) is 0 Å². The maximum absolute atomic E-state index is 2.44. The molecule has 2 aliphatic carbocycles. The molecule has 0 amide bonds. The number of benzene rings is 3. The van der Waals surface area contributed by atoms with Crippen molar-refractivity contribution in [2.45, 2.75) is 26.2 Å². The fourth-order valence-electron chi connectivity index (χ4n) is 4.88. The van der Waals surface area contributed by atoms with Gasteiger partial charge < -0.3 is 0 Å². The smallest absolute Gasteiger partial charge is 0.0304 e. The first-order chi connectivity index (χ1) is 14.5. The summed E-state index contributed by atoms with van der Waals surface area (Å²) < 4.78 is 0. The van der Waals surface area contributed by atoms with Gasteiger partial charge in [0.2, 0.25) is 0 Å². The summed E-state index contributed by atoms with van der Waals surface area (Å²) in [4.78, 5) is 0. The average molecular weight is 387 g/mol. The third kappa shape index (κ3) is 3.19. The van der Waals surface area contributed by atoms with E-state index < -0.39 is 0 Å². The van der Waals surface area contributed by atoms with Crippen molar-refractivity contribution in [1.29, 1.82) is 0 Å². The molecule has 2 aliphatic rings. The summed E-state index contributed by atoms with van der Waals surface area (Å²) in [6.07, 6.45) is 11.8. The van der Waals surface area contributed by atoms with Crippen LogP contribution in [0.1, 0.15) is 36.1 Å². The topological polar surface area (TPSA) is 0 Å². The molecule has 0 N–H and O–H groups in total. The molecule has 2 bridgehead atoms. The Balaban J connectivity index is 1.76. The van der Waals surface area contributed by atoms with Crippen LogP contribution in [-0.2, 0) is 5.41 Å². The van der Waals surface area contributed by atoms with E-state index in [9.17, 15) is 0 Å². The first-order valence-corrected chi connectivity index (χ1v) is 10.6. The summed E-state index contributed by atoms with van der Waals surface area (Å²) in [6.45, 7) is 6.77. The van der Waals surface area contributed by atoms with Gasteiger partial charge >= 0.3 is 0 Å². The number of fused-ring (bicyclic) bond motifs is 3. The van der Waals surface area contributed by atoms with E-state index in [1.54, 1.807) is 0 Å². The van der Waals surface area contributed by atoms with Crippen LogP contribution in [0, 0.1) is 6.92 Å². The van der Waals surface area contributed by atoms with Crippen molar-refractivity contribution in [3.05, 3.63) is 131 Å². The van der Waals surface area contributed by atoms with Crippen molar-refractivity contribution in [1.82, 2.24) is 0 Å². The SMILES string of the molecule is CC1=CC2(C)C=C(C=Cc3c(-c4ccccc4)cc(C)cc32)C(c2ccccc2)=C1. The molecule has 1 atom stereocenters. The number of hydrogen-bond acceptors (Lipinski definition) is 0. The Morgan fingerprint density at radius 2 is 1.37 bits per heavy atom. The molecule has 0 nitrogen and oxygen atoms in total. The Bertz CT molecular complexity index is 1230. The van der Waals surface area contributed by atoms with Gasteiger partial charge in [0.05, 0.1) is 0 Å². The Morgan fingerprint density at radius 1 is 0.700 bits per heavy atom. The predicted octanol–water partition coefficient (Wildman–Crippen LogP) is 7.92. The Kier molecular flexibility index (Phi) is 4.44. The van der Waals surface area contributed by atoms with E-state index in [-0.39, 0.29) is 5.41 Å². The standard InChI is InChI=1S/C30H26/c1-21-16-28(24-12-8-5-9-13-24)26-15-14-25-20-30(3,29(26)18-21)19-22(2)17-27(25)23-10-6-4-7-11-23/h4-20H,1-3H3. The number of rotatable bonds is 2. The van der Waals surface area contributed by atoms with Gasteiger partial charge in [-0.1, -0.05) is 114 Å². The van der Waals surface area contributed by atoms with Gasteiger partial charge in [-0.25, -0.2) is 0 Å². The molecule has 0 saturated heterocycles. The molecule has 0 heteroatoms. The maximum Gasteiger partial charge on any atom is 0.0304 e. The Morgan fingerprint density at radius 3 is 2.07 bits per heavy atom. The molecule has 3 aromatic rings. The number of hydrogen-bond donors (Lipinski definition) is 0.